The maximum absolute atomic E-state index is 5.40. The summed E-state index contributed by atoms with van der Waals surface area (Å²) in [5.74, 6) is 2.75. The Morgan fingerprint density at radius 2 is 0.892 bits per heavy atom. The number of hydrogen-bond donors (Lipinski definition) is 0. The third-order valence-electron chi connectivity index (χ3n) is 6.34. The highest BCUT2D eigenvalue weighted by Crippen LogP contribution is 2.32. The molecule has 0 aliphatic carbocycles. The third kappa shape index (κ3) is 4.55. The minimum atomic E-state index is 0.636. The molecule has 0 aliphatic rings. The molecular formula is C32H24N4O. The molecule has 0 saturated heterocycles. The molecule has 0 amide bonds. The molecule has 4 aromatic carbocycles. The number of aryl methyl sites for hydroxylation is 2. The largest absolute Gasteiger partial charge is 0.361 e. The van der Waals surface area contributed by atoms with Crippen LogP contribution in [0.1, 0.15) is 11.5 Å². The van der Waals surface area contributed by atoms with Crippen LogP contribution in [0.5, 0.6) is 0 Å². The van der Waals surface area contributed by atoms with Crippen molar-refractivity contribution in [3.8, 4) is 56.4 Å². The number of rotatable bonds is 5. The van der Waals surface area contributed by atoms with Gasteiger partial charge in [0.25, 0.3) is 0 Å². The van der Waals surface area contributed by atoms with Crippen molar-refractivity contribution in [1.29, 1.82) is 0 Å². The van der Waals surface area contributed by atoms with Crippen molar-refractivity contribution >= 4 is 0 Å². The SMILES string of the molecule is Cc1noc(C)c1-c1cccc(-c2cccc(-c3nc(-c4ccccc4)nc(-c4ccccc4)n3)c2)c1. The first kappa shape index (κ1) is 22.6. The quantitative estimate of drug-likeness (QED) is 0.252. The van der Waals surface area contributed by atoms with Gasteiger partial charge in [-0.1, -0.05) is 102 Å². The fraction of sp³-hybridized carbons (Fsp3) is 0.0625. The molecule has 2 heterocycles. The topological polar surface area (TPSA) is 64.7 Å². The smallest absolute Gasteiger partial charge is 0.164 e. The lowest BCUT2D eigenvalue weighted by Gasteiger charge is -2.10. The van der Waals surface area contributed by atoms with Gasteiger partial charge in [-0.25, -0.2) is 15.0 Å². The summed E-state index contributed by atoms with van der Waals surface area (Å²) in [6.07, 6.45) is 0. The molecule has 5 nitrogen and oxygen atoms in total. The minimum absolute atomic E-state index is 0.636. The van der Waals surface area contributed by atoms with E-state index in [0.29, 0.717) is 17.5 Å². The molecule has 0 N–H and O–H groups in total. The summed E-state index contributed by atoms with van der Waals surface area (Å²) in [5, 5.41) is 4.12. The summed E-state index contributed by atoms with van der Waals surface area (Å²) in [6, 6.07) is 36.8. The van der Waals surface area contributed by atoms with Gasteiger partial charge in [-0.15, -0.1) is 0 Å². The van der Waals surface area contributed by atoms with E-state index in [1.165, 1.54) is 0 Å². The second kappa shape index (κ2) is 9.63. The van der Waals surface area contributed by atoms with Crippen molar-refractivity contribution in [1.82, 2.24) is 20.1 Å². The molecule has 6 aromatic rings. The highest BCUT2D eigenvalue weighted by molar-refractivity contribution is 5.77. The minimum Gasteiger partial charge on any atom is -0.361 e. The van der Waals surface area contributed by atoms with Gasteiger partial charge in [0.05, 0.1) is 5.69 Å². The molecule has 0 atom stereocenters. The summed E-state index contributed by atoms with van der Waals surface area (Å²) >= 11 is 0. The molecule has 5 heteroatoms. The first-order valence-electron chi connectivity index (χ1n) is 12.2. The average Bonchev–Trinajstić information content (AvgIpc) is 3.31. The molecule has 0 aliphatic heterocycles. The number of benzene rings is 4. The summed E-state index contributed by atoms with van der Waals surface area (Å²) in [4.78, 5) is 14.5. The summed E-state index contributed by atoms with van der Waals surface area (Å²) < 4.78 is 5.40. The summed E-state index contributed by atoms with van der Waals surface area (Å²) in [6.45, 7) is 3.91. The van der Waals surface area contributed by atoms with Gasteiger partial charge in [0.1, 0.15) is 5.76 Å². The van der Waals surface area contributed by atoms with Crippen molar-refractivity contribution in [2.24, 2.45) is 0 Å². The zero-order chi connectivity index (χ0) is 25.2. The molecule has 37 heavy (non-hydrogen) atoms. The van der Waals surface area contributed by atoms with Gasteiger partial charge in [0, 0.05) is 22.3 Å². The molecule has 0 unspecified atom stereocenters. The maximum atomic E-state index is 5.40. The van der Waals surface area contributed by atoms with Crippen molar-refractivity contribution in [2.75, 3.05) is 0 Å². The van der Waals surface area contributed by atoms with E-state index in [0.717, 1.165) is 50.4 Å². The molecule has 2 aromatic heterocycles. The Morgan fingerprint density at radius 1 is 0.459 bits per heavy atom. The monoisotopic (exact) mass is 480 g/mol. The lowest BCUT2D eigenvalue weighted by molar-refractivity contribution is 0.393. The van der Waals surface area contributed by atoms with Crippen LogP contribution in [-0.2, 0) is 0 Å². The number of aromatic nitrogens is 4. The third-order valence-corrected chi connectivity index (χ3v) is 6.34. The summed E-state index contributed by atoms with van der Waals surface area (Å²) in [7, 11) is 0. The highest BCUT2D eigenvalue weighted by Gasteiger charge is 2.14. The molecule has 0 radical (unpaired) electrons. The van der Waals surface area contributed by atoms with Crippen LogP contribution >= 0.6 is 0 Å². The fourth-order valence-electron chi connectivity index (χ4n) is 4.52. The predicted molar refractivity (Wildman–Crippen MR) is 147 cm³/mol. The normalized spacial score (nSPS) is 11.0. The van der Waals surface area contributed by atoms with Crippen LogP contribution in [0.4, 0.5) is 0 Å². The zero-order valence-corrected chi connectivity index (χ0v) is 20.6. The molecule has 0 spiro atoms. The number of hydrogen-bond acceptors (Lipinski definition) is 5. The van der Waals surface area contributed by atoms with Crippen LogP contribution < -0.4 is 0 Å². The van der Waals surface area contributed by atoms with Crippen molar-refractivity contribution in [2.45, 2.75) is 13.8 Å². The molecule has 0 saturated carbocycles. The van der Waals surface area contributed by atoms with Gasteiger partial charge >= 0.3 is 0 Å². The average molecular weight is 481 g/mol. The Hall–Kier alpha value is -4.90. The van der Waals surface area contributed by atoms with Gasteiger partial charge in [0.2, 0.25) is 0 Å². The van der Waals surface area contributed by atoms with Crippen LogP contribution in [-0.4, -0.2) is 20.1 Å². The molecule has 0 fully saturated rings. The lowest BCUT2D eigenvalue weighted by atomic mass is 9.97. The van der Waals surface area contributed by atoms with Crippen LogP contribution in [0.15, 0.2) is 114 Å². The van der Waals surface area contributed by atoms with E-state index < -0.39 is 0 Å². The molecule has 178 valence electrons. The molecule has 6 rings (SSSR count). The van der Waals surface area contributed by atoms with E-state index in [1.807, 2.05) is 86.6 Å². The first-order chi connectivity index (χ1) is 18.2. The Balaban J connectivity index is 1.45. The van der Waals surface area contributed by atoms with E-state index in [2.05, 4.69) is 41.6 Å². The van der Waals surface area contributed by atoms with Crippen LogP contribution in [0.25, 0.3) is 56.4 Å². The van der Waals surface area contributed by atoms with E-state index in [-0.39, 0.29) is 0 Å². The van der Waals surface area contributed by atoms with E-state index in [1.54, 1.807) is 0 Å². The van der Waals surface area contributed by atoms with Crippen molar-refractivity contribution < 1.29 is 4.52 Å². The predicted octanol–water partition coefficient (Wildman–Crippen LogP) is 7.81. The lowest BCUT2D eigenvalue weighted by Crippen LogP contribution is -2.00. The second-order valence-corrected chi connectivity index (χ2v) is 8.90. The van der Waals surface area contributed by atoms with Crippen LogP contribution in [0, 0.1) is 13.8 Å². The van der Waals surface area contributed by atoms with Gasteiger partial charge < -0.3 is 4.52 Å². The van der Waals surface area contributed by atoms with E-state index in [9.17, 15) is 0 Å². The van der Waals surface area contributed by atoms with Crippen molar-refractivity contribution in [3.63, 3.8) is 0 Å². The Kier molecular flexibility index (Phi) is 5.87. The van der Waals surface area contributed by atoms with Crippen molar-refractivity contribution in [3.05, 3.63) is 121 Å². The summed E-state index contributed by atoms with van der Waals surface area (Å²) in [5.41, 5.74) is 8.01. The fourth-order valence-corrected chi connectivity index (χ4v) is 4.52. The van der Waals surface area contributed by atoms with Gasteiger partial charge in [-0.3, -0.25) is 0 Å². The van der Waals surface area contributed by atoms with Gasteiger partial charge in [0.15, 0.2) is 17.5 Å². The standard InChI is InChI=1S/C32H24N4O/c1-21-29(22(2)37-36-21)27-17-9-15-25(19-27)26-16-10-18-28(20-26)32-34-30(23-11-5-3-6-12-23)33-31(35-32)24-13-7-4-8-14-24/h3-20H,1-2H3. The van der Waals surface area contributed by atoms with Crippen LogP contribution in [0.3, 0.4) is 0 Å². The Labute approximate surface area is 215 Å². The Bertz CT molecular complexity index is 1610. The van der Waals surface area contributed by atoms with Gasteiger partial charge in [-0.05, 0) is 42.7 Å². The maximum Gasteiger partial charge on any atom is 0.164 e. The zero-order valence-electron chi connectivity index (χ0n) is 20.6. The molecular weight excluding hydrogens is 456 g/mol. The van der Waals surface area contributed by atoms with E-state index in [4.69, 9.17) is 19.5 Å². The Morgan fingerprint density at radius 3 is 1.41 bits per heavy atom. The second-order valence-electron chi connectivity index (χ2n) is 8.90. The number of nitrogens with zero attached hydrogens (tertiary/aromatic N) is 4. The van der Waals surface area contributed by atoms with Gasteiger partial charge in [-0.2, -0.15) is 0 Å². The van der Waals surface area contributed by atoms with Crippen LogP contribution in [0.2, 0.25) is 0 Å². The first-order valence-corrected chi connectivity index (χ1v) is 12.2. The highest BCUT2D eigenvalue weighted by atomic mass is 16.5. The molecule has 0 bridgehead atoms. The van der Waals surface area contributed by atoms with E-state index >= 15 is 0 Å².